The summed E-state index contributed by atoms with van der Waals surface area (Å²) < 4.78 is 5.74. The topological polar surface area (TPSA) is 58.6 Å². The highest BCUT2D eigenvalue weighted by molar-refractivity contribution is 5.88. The van der Waals surface area contributed by atoms with E-state index < -0.39 is 6.04 Å². The Labute approximate surface area is 180 Å². The zero-order valence-corrected chi connectivity index (χ0v) is 18.9. The first kappa shape index (κ1) is 23.5. The molecule has 162 valence electrons. The van der Waals surface area contributed by atoms with Gasteiger partial charge in [-0.05, 0) is 62.4 Å². The van der Waals surface area contributed by atoms with Crippen LogP contribution in [0.15, 0.2) is 48.5 Å². The first-order valence-electron chi connectivity index (χ1n) is 10.6. The molecule has 0 aromatic heterocycles. The van der Waals surface area contributed by atoms with Gasteiger partial charge in [-0.15, -0.1) is 0 Å². The van der Waals surface area contributed by atoms with Crippen LogP contribution in [0.3, 0.4) is 0 Å². The van der Waals surface area contributed by atoms with Crippen LogP contribution >= 0.6 is 0 Å². The summed E-state index contributed by atoms with van der Waals surface area (Å²) in [6, 6.07) is 15.1. The average molecular weight is 411 g/mol. The van der Waals surface area contributed by atoms with Crippen LogP contribution in [-0.2, 0) is 16.1 Å². The summed E-state index contributed by atoms with van der Waals surface area (Å²) in [7, 11) is 0. The molecule has 0 heterocycles. The summed E-state index contributed by atoms with van der Waals surface area (Å²) in [6.07, 6.45) is 0. The van der Waals surface area contributed by atoms with Crippen molar-refractivity contribution in [1.29, 1.82) is 0 Å². The molecule has 1 atom stereocenters. The molecule has 0 saturated heterocycles. The van der Waals surface area contributed by atoms with E-state index in [4.69, 9.17) is 4.74 Å². The van der Waals surface area contributed by atoms with Crippen molar-refractivity contribution in [2.45, 2.75) is 66.1 Å². The number of nitrogens with one attached hydrogen (secondary N) is 1. The van der Waals surface area contributed by atoms with Gasteiger partial charge in [0.05, 0.1) is 0 Å². The molecule has 2 rings (SSSR count). The minimum atomic E-state index is -0.605. The molecule has 0 bridgehead atoms. The summed E-state index contributed by atoms with van der Waals surface area (Å²) in [5.41, 5.74) is 3.31. The monoisotopic (exact) mass is 410 g/mol. The van der Waals surface area contributed by atoms with Gasteiger partial charge in [-0.25, -0.2) is 0 Å². The van der Waals surface area contributed by atoms with Gasteiger partial charge in [0.2, 0.25) is 5.91 Å². The number of hydrogen-bond acceptors (Lipinski definition) is 3. The number of carbonyl (C=O) groups excluding carboxylic acids is 2. The van der Waals surface area contributed by atoms with Crippen molar-refractivity contribution in [3.8, 4) is 5.75 Å². The molecule has 0 aliphatic carbocycles. The van der Waals surface area contributed by atoms with Crippen LogP contribution in [0, 0.1) is 6.92 Å². The summed E-state index contributed by atoms with van der Waals surface area (Å²) in [6.45, 7) is 12.1. The first-order valence-corrected chi connectivity index (χ1v) is 10.6. The number of aryl methyl sites for hydroxylation is 1. The first-order chi connectivity index (χ1) is 14.2. The van der Waals surface area contributed by atoms with E-state index in [1.165, 1.54) is 5.56 Å². The van der Waals surface area contributed by atoms with Crippen molar-refractivity contribution in [3.63, 3.8) is 0 Å². The standard InChI is InChI=1S/C25H34N2O3/c1-17(2)21-11-13-23(14-12-21)30-16-24(28)27(20(6)25(29)26-18(3)4)15-22-10-8-7-9-19(22)5/h7-14,17-18,20H,15-16H2,1-6H3,(H,26,29). The normalized spacial score (nSPS) is 12.0. The molecule has 0 radical (unpaired) electrons. The van der Waals surface area contributed by atoms with Crippen molar-refractivity contribution >= 4 is 11.8 Å². The van der Waals surface area contributed by atoms with E-state index in [9.17, 15) is 9.59 Å². The highest BCUT2D eigenvalue weighted by Gasteiger charge is 2.27. The van der Waals surface area contributed by atoms with E-state index in [0.717, 1.165) is 11.1 Å². The number of hydrogen-bond donors (Lipinski definition) is 1. The second-order valence-electron chi connectivity index (χ2n) is 8.30. The lowest BCUT2D eigenvalue weighted by Crippen LogP contribution is -2.50. The van der Waals surface area contributed by atoms with Crippen LogP contribution in [0.4, 0.5) is 0 Å². The molecule has 5 heteroatoms. The minimum Gasteiger partial charge on any atom is -0.484 e. The molecule has 2 aromatic rings. The summed E-state index contributed by atoms with van der Waals surface area (Å²) in [4.78, 5) is 27.3. The number of nitrogens with zero attached hydrogens (tertiary/aromatic N) is 1. The molecule has 0 spiro atoms. The second kappa shape index (κ2) is 10.8. The summed E-state index contributed by atoms with van der Waals surface area (Å²) >= 11 is 0. The molecular weight excluding hydrogens is 376 g/mol. The Kier molecular flexibility index (Phi) is 8.46. The Balaban J connectivity index is 2.14. The second-order valence-corrected chi connectivity index (χ2v) is 8.30. The largest absolute Gasteiger partial charge is 0.484 e. The number of rotatable bonds is 9. The highest BCUT2D eigenvalue weighted by Crippen LogP contribution is 2.19. The maximum absolute atomic E-state index is 13.1. The average Bonchev–Trinajstić information content (AvgIpc) is 2.70. The van der Waals surface area contributed by atoms with Crippen molar-refractivity contribution in [3.05, 3.63) is 65.2 Å². The van der Waals surface area contributed by atoms with Crippen molar-refractivity contribution in [1.82, 2.24) is 10.2 Å². The predicted octanol–water partition coefficient (Wildman–Crippen LogP) is 4.44. The smallest absolute Gasteiger partial charge is 0.261 e. The molecular formula is C25H34N2O3. The Morgan fingerprint density at radius 1 is 0.967 bits per heavy atom. The molecule has 0 fully saturated rings. The molecule has 2 amide bonds. The van der Waals surface area contributed by atoms with Crippen molar-refractivity contribution in [2.75, 3.05) is 6.61 Å². The molecule has 0 aliphatic heterocycles. The fraction of sp³-hybridized carbons (Fsp3) is 0.440. The lowest BCUT2D eigenvalue weighted by molar-refractivity contribution is -0.142. The van der Waals surface area contributed by atoms with Crippen molar-refractivity contribution in [2.24, 2.45) is 0 Å². The van der Waals surface area contributed by atoms with Crippen LogP contribution in [-0.4, -0.2) is 35.4 Å². The van der Waals surface area contributed by atoms with E-state index in [1.807, 2.05) is 69.3 Å². The summed E-state index contributed by atoms with van der Waals surface area (Å²) in [5.74, 6) is 0.680. The van der Waals surface area contributed by atoms with E-state index in [-0.39, 0.29) is 24.5 Å². The van der Waals surface area contributed by atoms with Gasteiger partial charge in [0, 0.05) is 12.6 Å². The van der Waals surface area contributed by atoms with Gasteiger partial charge in [-0.1, -0.05) is 50.2 Å². The maximum atomic E-state index is 13.1. The molecule has 1 unspecified atom stereocenters. The van der Waals surface area contributed by atoms with Crippen LogP contribution < -0.4 is 10.1 Å². The quantitative estimate of drug-likeness (QED) is 0.665. The zero-order chi connectivity index (χ0) is 22.3. The fourth-order valence-corrected chi connectivity index (χ4v) is 3.14. The predicted molar refractivity (Wildman–Crippen MR) is 120 cm³/mol. The number of amides is 2. The van der Waals surface area contributed by atoms with E-state index >= 15 is 0 Å². The third kappa shape index (κ3) is 6.61. The molecule has 30 heavy (non-hydrogen) atoms. The number of ether oxygens (including phenoxy) is 1. The Bertz CT molecular complexity index is 844. The number of carbonyl (C=O) groups is 2. The zero-order valence-electron chi connectivity index (χ0n) is 18.9. The van der Waals surface area contributed by atoms with Crippen LogP contribution in [0.2, 0.25) is 0 Å². The summed E-state index contributed by atoms with van der Waals surface area (Å²) in [5, 5.41) is 2.90. The maximum Gasteiger partial charge on any atom is 0.261 e. The molecule has 0 aliphatic rings. The van der Waals surface area contributed by atoms with Gasteiger partial charge < -0.3 is 15.0 Å². The lowest BCUT2D eigenvalue weighted by Gasteiger charge is -2.29. The van der Waals surface area contributed by atoms with Crippen LogP contribution in [0.5, 0.6) is 5.75 Å². The van der Waals surface area contributed by atoms with Gasteiger partial charge in [0.25, 0.3) is 5.91 Å². The van der Waals surface area contributed by atoms with Gasteiger partial charge in [0.15, 0.2) is 6.61 Å². The SMILES string of the molecule is Cc1ccccc1CN(C(=O)COc1ccc(C(C)C)cc1)C(C)C(=O)NC(C)C. The van der Waals surface area contributed by atoms with Gasteiger partial charge in [-0.3, -0.25) is 9.59 Å². The van der Waals surface area contributed by atoms with Gasteiger partial charge >= 0.3 is 0 Å². The number of benzene rings is 2. The Hall–Kier alpha value is -2.82. The van der Waals surface area contributed by atoms with Crippen LogP contribution in [0.25, 0.3) is 0 Å². The molecule has 1 N–H and O–H groups in total. The molecule has 0 saturated carbocycles. The van der Waals surface area contributed by atoms with E-state index in [0.29, 0.717) is 18.2 Å². The molecule has 5 nitrogen and oxygen atoms in total. The fourth-order valence-electron chi connectivity index (χ4n) is 3.14. The molecule has 2 aromatic carbocycles. The van der Waals surface area contributed by atoms with Gasteiger partial charge in [-0.2, -0.15) is 0 Å². The third-order valence-electron chi connectivity index (χ3n) is 5.11. The van der Waals surface area contributed by atoms with E-state index in [2.05, 4.69) is 19.2 Å². The Morgan fingerprint density at radius 3 is 2.17 bits per heavy atom. The highest BCUT2D eigenvalue weighted by atomic mass is 16.5. The third-order valence-corrected chi connectivity index (χ3v) is 5.11. The van der Waals surface area contributed by atoms with Crippen LogP contribution in [0.1, 0.15) is 57.2 Å². The lowest BCUT2D eigenvalue weighted by atomic mass is 10.0. The van der Waals surface area contributed by atoms with Crippen molar-refractivity contribution < 1.29 is 14.3 Å². The van der Waals surface area contributed by atoms with E-state index in [1.54, 1.807) is 11.8 Å². The Morgan fingerprint density at radius 2 is 1.60 bits per heavy atom. The van der Waals surface area contributed by atoms with Gasteiger partial charge in [0.1, 0.15) is 11.8 Å². The minimum absolute atomic E-state index is 0.00563.